The van der Waals surface area contributed by atoms with Crippen molar-refractivity contribution in [2.45, 2.75) is 0 Å². The van der Waals surface area contributed by atoms with Crippen molar-refractivity contribution in [1.82, 2.24) is 0 Å². The van der Waals surface area contributed by atoms with E-state index in [1.165, 1.54) is 30.3 Å². The molecule has 0 unspecified atom stereocenters. The van der Waals surface area contributed by atoms with Crippen LogP contribution in [0.2, 0.25) is 10.0 Å². The van der Waals surface area contributed by atoms with Crippen LogP contribution in [0.15, 0.2) is 66.7 Å². The number of non-ortho nitro benzene ring substituents is 1. The topological polar surface area (TPSA) is 89.3 Å². The molecule has 3 rings (SSSR count). The van der Waals surface area contributed by atoms with Crippen LogP contribution in [0.1, 0.15) is 26.3 Å². The van der Waals surface area contributed by atoms with Gasteiger partial charge in [0.2, 0.25) is 0 Å². The molecule has 3 aromatic rings. The number of nitrogens with one attached hydrogen (secondary N) is 1. The standard InChI is InChI=1S/C20H12Cl2N2O4/c21-13-6-9-18(16(10-13)19(25)12-4-2-1-3-5-12)23-20(26)15-11-14(24(27)28)7-8-17(15)22/h1-11H,(H,23,26). The molecule has 28 heavy (non-hydrogen) atoms. The van der Waals surface area contributed by atoms with Crippen molar-refractivity contribution in [2.24, 2.45) is 0 Å². The lowest BCUT2D eigenvalue weighted by Crippen LogP contribution is -2.16. The first kappa shape index (κ1) is 19.5. The minimum absolute atomic E-state index is 0.0491. The second-order valence-electron chi connectivity index (χ2n) is 5.76. The number of carbonyl (C=O) groups excluding carboxylic acids is 2. The number of benzene rings is 3. The Morgan fingerprint density at radius 2 is 1.61 bits per heavy atom. The summed E-state index contributed by atoms with van der Waals surface area (Å²) in [5.74, 6) is -1.01. The maximum atomic E-state index is 12.8. The number of ketones is 1. The van der Waals surface area contributed by atoms with Crippen LogP contribution < -0.4 is 5.32 Å². The zero-order valence-corrected chi connectivity index (χ0v) is 15.7. The van der Waals surface area contributed by atoms with Crippen LogP contribution >= 0.6 is 23.2 Å². The van der Waals surface area contributed by atoms with Crippen LogP contribution in [-0.2, 0) is 0 Å². The summed E-state index contributed by atoms with van der Waals surface area (Å²) in [7, 11) is 0. The Kier molecular flexibility index (Phi) is 5.73. The fourth-order valence-electron chi connectivity index (χ4n) is 2.55. The molecular weight excluding hydrogens is 403 g/mol. The van der Waals surface area contributed by atoms with Gasteiger partial charge in [-0.1, -0.05) is 53.5 Å². The fourth-order valence-corrected chi connectivity index (χ4v) is 2.92. The number of amides is 1. The van der Waals surface area contributed by atoms with Gasteiger partial charge in [0.25, 0.3) is 11.6 Å². The molecule has 6 nitrogen and oxygen atoms in total. The fraction of sp³-hybridized carbons (Fsp3) is 0. The van der Waals surface area contributed by atoms with Gasteiger partial charge in [-0.2, -0.15) is 0 Å². The van der Waals surface area contributed by atoms with Crippen LogP contribution in [0.25, 0.3) is 0 Å². The molecule has 140 valence electrons. The molecule has 0 spiro atoms. The highest BCUT2D eigenvalue weighted by Crippen LogP contribution is 2.27. The molecule has 0 atom stereocenters. The van der Waals surface area contributed by atoms with E-state index in [9.17, 15) is 19.7 Å². The molecule has 0 heterocycles. The third-order valence-corrected chi connectivity index (χ3v) is 4.48. The van der Waals surface area contributed by atoms with Crippen molar-refractivity contribution in [3.63, 3.8) is 0 Å². The van der Waals surface area contributed by atoms with E-state index in [4.69, 9.17) is 23.2 Å². The normalized spacial score (nSPS) is 10.4. The van der Waals surface area contributed by atoms with Gasteiger partial charge in [-0.3, -0.25) is 19.7 Å². The summed E-state index contributed by atoms with van der Waals surface area (Å²) in [6.07, 6.45) is 0. The summed E-state index contributed by atoms with van der Waals surface area (Å²) in [6, 6.07) is 16.5. The predicted octanol–water partition coefficient (Wildman–Crippen LogP) is 5.38. The number of hydrogen-bond acceptors (Lipinski definition) is 4. The first-order valence-corrected chi connectivity index (χ1v) is 8.77. The minimum Gasteiger partial charge on any atom is -0.321 e. The lowest BCUT2D eigenvalue weighted by atomic mass is 10.0. The van der Waals surface area contributed by atoms with Crippen LogP contribution in [0, 0.1) is 10.1 Å². The maximum absolute atomic E-state index is 12.8. The lowest BCUT2D eigenvalue weighted by molar-refractivity contribution is -0.384. The number of anilines is 1. The molecule has 0 radical (unpaired) electrons. The molecule has 0 aliphatic carbocycles. The van der Waals surface area contributed by atoms with Gasteiger partial charge >= 0.3 is 0 Å². The molecule has 0 aromatic heterocycles. The second kappa shape index (κ2) is 8.21. The molecule has 0 fully saturated rings. The summed E-state index contributed by atoms with van der Waals surface area (Å²) < 4.78 is 0. The van der Waals surface area contributed by atoms with E-state index in [1.807, 2.05) is 0 Å². The molecule has 1 amide bonds. The van der Waals surface area contributed by atoms with Gasteiger partial charge in [-0.25, -0.2) is 0 Å². The van der Waals surface area contributed by atoms with Crippen molar-refractivity contribution in [1.29, 1.82) is 0 Å². The summed E-state index contributed by atoms with van der Waals surface area (Å²) in [4.78, 5) is 35.8. The van der Waals surface area contributed by atoms with E-state index in [1.54, 1.807) is 30.3 Å². The summed E-state index contributed by atoms with van der Waals surface area (Å²) >= 11 is 12.0. The average Bonchev–Trinajstić information content (AvgIpc) is 2.69. The first-order valence-electron chi connectivity index (χ1n) is 8.01. The summed E-state index contributed by atoms with van der Waals surface area (Å²) in [6.45, 7) is 0. The van der Waals surface area contributed by atoms with Crippen LogP contribution in [0.5, 0.6) is 0 Å². The number of hydrogen-bond donors (Lipinski definition) is 1. The van der Waals surface area contributed by atoms with E-state index in [0.29, 0.717) is 10.6 Å². The molecule has 0 aliphatic heterocycles. The smallest absolute Gasteiger partial charge is 0.270 e. The zero-order chi connectivity index (χ0) is 20.3. The third kappa shape index (κ3) is 4.19. The van der Waals surface area contributed by atoms with Crippen molar-refractivity contribution in [3.05, 3.63) is 104 Å². The lowest BCUT2D eigenvalue weighted by Gasteiger charge is -2.12. The molecule has 0 saturated carbocycles. The predicted molar refractivity (Wildman–Crippen MR) is 107 cm³/mol. The van der Waals surface area contributed by atoms with E-state index < -0.39 is 10.8 Å². The monoisotopic (exact) mass is 414 g/mol. The van der Waals surface area contributed by atoms with Gasteiger partial charge in [-0.05, 0) is 24.3 Å². The number of halogens is 2. The number of rotatable bonds is 5. The van der Waals surface area contributed by atoms with E-state index in [0.717, 1.165) is 6.07 Å². The van der Waals surface area contributed by atoms with Gasteiger partial charge in [0.05, 0.1) is 21.2 Å². The number of carbonyl (C=O) groups is 2. The summed E-state index contributed by atoms with van der Waals surface area (Å²) in [5, 5.41) is 13.9. The molecule has 8 heteroatoms. The van der Waals surface area contributed by atoms with Crippen LogP contribution in [-0.4, -0.2) is 16.6 Å². The Labute approximate surface area is 169 Å². The second-order valence-corrected chi connectivity index (χ2v) is 6.60. The first-order chi connectivity index (χ1) is 13.4. The van der Waals surface area contributed by atoms with Crippen molar-refractivity contribution >= 4 is 46.3 Å². The van der Waals surface area contributed by atoms with Crippen molar-refractivity contribution in [3.8, 4) is 0 Å². The van der Waals surface area contributed by atoms with E-state index in [2.05, 4.69) is 5.32 Å². The van der Waals surface area contributed by atoms with Gasteiger partial charge in [-0.15, -0.1) is 0 Å². The Balaban J connectivity index is 1.97. The van der Waals surface area contributed by atoms with Crippen LogP contribution in [0.3, 0.4) is 0 Å². The SMILES string of the molecule is O=C(Nc1ccc(Cl)cc1C(=O)c1ccccc1)c1cc([N+](=O)[O-])ccc1Cl. The van der Waals surface area contributed by atoms with Gasteiger partial charge < -0.3 is 5.32 Å². The van der Waals surface area contributed by atoms with Crippen LogP contribution in [0.4, 0.5) is 11.4 Å². The minimum atomic E-state index is -0.682. The number of nitrogens with zero attached hydrogens (tertiary/aromatic N) is 1. The number of nitro benzene ring substituents is 1. The average molecular weight is 415 g/mol. The molecule has 0 aliphatic rings. The molecule has 0 bridgehead atoms. The Morgan fingerprint density at radius 1 is 0.893 bits per heavy atom. The summed E-state index contributed by atoms with van der Waals surface area (Å²) in [5.41, 5.74) is 0.475. The van der Waals surface area contributed by atoms with Crippen molar-refractivity contribution < 1.29 is 14.5 Å². The zero-order valence-electron chi connectivity index (χ0n) is 14.2. The Hall–Kier alpha value is -3.22. The van der Waals surface area contributed by atoms with Gasteiger partial charge in [0, 0.05) is 28.3 Å². The number of nitro groups is 1. The highest BCUT2D eigenvalue weighted by molar-refractivity contribution is 6.35. The van der Waals surface area contributed by atoms with E-state index in [-0.39, 0.29) is 33.3 Å². The van der Waals surface area contributed by atoms with Gasteiger partial charge in [0.1, 0.15) is 0 Å². The third-order valence-electron chi connectivity index (χ3n) is 3.92. The van der Waals surface area contributed by atoms with Crippen molar-refractivity contribution in [2.75, 3.05) is 5.32 Å². The highest BCUT2D eigenvalue weighted by atomic mass is 35.5. The maximum Gasteiger partial charge on any atom is 0.270 e. The molecular formula is C20H12Cl2N2O4. The molecule has 0 saturated heterocycles. The Bertz CT molecular complexity index is 1080. The highest BCUT2D eigenvalue weighted by Gasteiger charge is 2.20. The largest absolute Gasteiger partial charge is 0.321 e. The quantitative estimate of drug-likeness (QED) is 0.344. The Morgan fingerprint density at radius 3 is 2.29 bits per heavy atom. The van der Waals surface area contributed by atoms with E-state index >= 15 is 0 Å². The van der Waals surface area contributed by atoms with Gasteiger partial charge in [0.15, 0.2) is 5.78 Å². The molecule has 3 aromatic carbocycles. The molecule has 1 N–H and O–H groups in total.